The summed E-state index contributed by atoms with van der Waals surface area (Å²) in [6.07, 6.45) is 5.31. The van der Waals surface area contributed by atoms with Crippen LogP contribution in [-0.2, 0) is 6.42 Å². The van der Waals surface area contributed by atoms with E-state index in [4.69, 9.17) is 4.74 Å². The number of rotatable bonds is 7. The fourth-order valence-electron chi connectivity index (χ4n) is 4.04. The van der Waals surface area contributed by atoms with Crippen LogP contribution in [0.2, 0.25) is 0 Å². The van der Waals surface area contributed by atoms with Crippen LogP contribution in [0.3, 0.4) is 0 Å². The van der Waals surface area contributed by atoms with Crippen LogP contribution in [-0.4, -0.2) is 36.4 Å². The van der Waals surface area contributed by atoms with Crippen molar-refractivity contribution in [2.24, 2.45) is 0 Å². The number of nitrogens with zero attached hydrogens (tertiary/aromatic N) is 1. The Morgan fingerprint density at radius 1 is 0.853 bits per heavy atom. The van der Waals surface area contributed by atoms with E-state index in [1.165, 1.54) is 18.4 Å². The maximum atomic E-state index is 12.8. The van der Waals surface area contributed by atoms with Crippen LogP contribution >= 0.6 is 15.9 Å². The monoisotopic (exact) mass is 520 g/mol. The predicted octanol–water partition coefficient (Wildman–Crippen LogP) is 6.34. The first-order valence-electron chi connectivity index (χ1n) is 11.8. The van der Waals surface area contributed by atoms with Gasteiger partial charge in [0.05, 0.1) is 11.1 Å². The number of carbonyl (C=O) groups excluding carboxylic acids is 2. The first-order chi connectivity index (χ1) is 16.6. The summed E-state index contributed by atoms with van der Waals surface area (Å²) in [6.45, 7) is 2.19. The third-order valence-electron chi connectivity index (χ3n) is 5.97. The van der Waals surface area contributed by atoms with Crippen molar-refractivity contribution in [3.63, 3.8) is 0 Å². The molecule has 0 unspecified atom stereocenters. The Bertz CT molecular complexity index is 1110. The topological polar surface area (TPSA) is 58.6 Å². The molecule has 1 heterocycles. The van der Waals surface area contributed by atoms with Crippen molar-refractivity contribution in [3.8, 4) is 5.75 Å². The molecule has 1 fully saturated rings. The highest BCUT2D eigenvalue weighted by Gasteiger charge is 2.17. The lowest BCUT2D eigenvalue weighted by Gasteiger charge is -2.20. The van der Waals surface area contributed by atoms with Gasteiger partial charge in [0, 0.05) is 36.3 Å². The molecule has 0 atom stereocenters. The van der Waals surface area contributed by atoms with Crippen molar-refractivity contribution < 1.29 is 14.3 Å². The highest BCUT2D eigenvalue weighted by atomic mass is 79.9. The molecule has 1 N–H and O–H groups in total. The van der Waals surface area contributed by atoms with Gasteiger partial charge in [0.15, 0.2) is 0 Å². The fraction of sp³-hybridized carbons (Fsp3) is 0.286. The van der Waals surface area contributed by atoms with Crippen molar-refractivity contribution in [1.29, 1.82) is 0 Å². The van der Waals surface area contributed by atoms with Crippen molar-refractivity contribution in [2.45, 2.75) is 32.1 Å². The van der Waals surface area contributed by atoms with Crippen LogP contribution in [0.1, 0.15) is 52.0 Å². The summed E-state index contributed by atoms with van der Waals surface area (Å²) in [5.41, 5.74) is 3.04. The number of carbonyl (C=O) groups is 2. The lowest BCUT2D eigenvalue weighted by Crippen LogP contribution is -2.31. The molecule has 0 bridgehead atoms. The Morgan fingerprint density at radius 2 is 1.53 bits per heavy atom. The molecule has 34 heavy (non-hydrogen) atoms. The van der Waals surface area contributed by atoms with Crippen molar-refractivity contribution in [1.82, 2.24) is 4.90 Å². The molecule has 1 aliphatic rings. The number of anilines is 1. The second-order valence-corrected chi connectivity index (χ2v) is 9.32. The first kappa shape index (κ1) is 24.0. The van der Waals surface area contributed by atoms with Crippen LogP contribution in [0.25, 0.3) is 0 Å². The van der Waals surface area contributed by atoms with Crippen LogP contribution < -0.4 is 10.1 Å². The van der Waals surface area contributed by atoms with E-state index in [0.29, 0.717) is 29.2 Å². The number of likely N-dealkylation sites (tertiary alicyclic amines) is 1. The van der Waals surface area contributed by atoms with Gasteiger partial charge in [-0.2, -0.15) is 0 Å². The largest absolute Gasteiger partial charge is 0.492 e. The molecule has 0 aromatic heterocycles. The molecule has 0 saturated carbocycles. The highest BCUT2D eigenvalue weighted by molar-refractivity contribution is 9.10. The Morgan fingerprint density at radius 3 is 2.21 bits per heavy atom. The summed E-state index contributed by atoms with van der Waals surface area (Å²) in [5.74, 6) is 0.540. The summed E-state index contributed by atoms with van der Waals surface area (Å²) in [5, 5.41) is 2.90. The Labute approximate surface area is 209 Å². The summed E-state index contributed by atoms with van der Waals surface area (Å²) in [6, 6.07) is 22.6. The normalized spacial score (nSPS) is 13.7. The zero-order valence-electron chi connectivity index (χ0n) is 19.1. The third-order valence-corrected chi connectivity index (χ3v) is 6.59. The summed E-state index contributed by atoms with van der Waals surface area (Å²) in [4.78, 5) is 27.4. The van der Waals surface area contributed by atoms with Gasteiger partial charge in [0.25, 0.3) is 11.8 Å². The van der Waals surface area contributed by atoms with Gasteiger partial charge >= 0.3 is 0 Å². The number of ether oxygens (including phenoxy) is 1. The van der Waals surface area contributed by atoms with Crippen molar-refractivity contribution in [2.75, 3.05) is 25.0 Å². The van der Waals surface area contributed by atoms with Gasteiger partial charge in [-0.05, 0) is 76.8 Å². The van der Waals surface area contributed by atoms with E-state index >= 15 is 0 Å². The maximum absolute atomic E-state index is 12.8. The minimum atomic E-state index is -0.219. The summed E-state index contributed by atoms with van der Waals surface area (Å²) >= 11 is 3.51. The van der Waals surface area contributed by atoms with Gasteiger partial charge < -0.3 is 15.0 Å². The second-order valence-electron chi connectivity index (χ2n) is 8.47. The van der Waals surface area contributed by atoms with Crippen LogP contribution in [0, 0.1) is 0 Å². The van der Waals surface area contributed by atoms with Gasteiger partial charge in [0.1, 0.15) is 5.75 Å². The fourth-order valence-corrected chi connectivity index (χ4v) is 4.53. The van der Waals surface area contributed by atoms with Crippen molar-refractivity contribution in [3.05, 3.63) is 94.0 Å². The van der Waals surface area contributed by atoms with Crippen molar-refractivity contribution >= 4 is 33.4 Å². The van der Waals surface area contributed by atoms with E-state index in [-0.39, 0.29) is 11.8 Å². The Balaban J connectivity index is 1.32. The molecule has 6 heteroatoms. The molecule has 3 aromatic rings. The quantitative estimate of drug-likeness (QED) is 0.395. The summed E-state index contributed by atoms with van der Waals surface area (Å²) in [7, 11) is 0. The summed E-state index contributed by atoms with van der Waals surface area (Å²) < 4.78 is 6.60. The lowest BCUT2D eigenvalue weighted by atomic mass is 10.1. The zero-order valence-corrected chi connectivity index (χ0v) is 20.7. The molecular weight excluding hydrogens is 492 g/mol. The molecule has 0 aliphatic carbocycles. The highest BCUT2D eigenvalue weighted by Crippen LogP contribution is 2.27. The van der Waals surface area contributed by atoms with Gasteiger partial charge in [-0.3, -0.25) is 9.59 Å². The van der Waals surface area contributed by atoms with Crippen LogP contribution in [0.5, 0.6) is 5.75 Å². The Hall–Kier alpha value is -3.12. The minimum Gasteiger partial charge on any atom is -0.492 e. The van der Waals surface area contributed by atoms with E-state index < -0.39 is 0 Å². The van der Waals surface area contributed by atoms with Crippen LogP contribution in [0.15, 0.2) is 77.3 Å². The molecule has 0 radical (unpaired) electrons. The molecule has 4 rings (SSSR count). The van der Waals surface area contributed by atoms with E-state index in [0.717, 1.165) is 36.8 Å². The smallest absolute Gasteiger partial charge is 0.255 e. The average Bonchev–Trinajstić information content (AvgIpc) is 3.15. The molecule has 1 aliphatic heterocycles. The number of hydrogen-bond donors (Lipinski definition) is 1. The molecule has 1 saturated heterocycles. The van der Waals surface area contributed by atoms with E-state index in [9.17, 15) is 9.59 Å². The molecule has 3 aromatic carbocycles. The number of amides is 2. The maximum Gasteiger partial charge on any atom is 0.255 e. The van der Waals surface area contributed by atoms with Gasteiger partial charge in [0.2, 0.25) is 0 Å². The molecule has 176 valence electrons. The Kier molecular flexibility index (Phi) is 8.36. The minimum absolute atomic E-state index is 0.0616. The SMILES string of the molecule is O=C(Nc1ccc(C(=O)N2CCCCCC2)cc1)c1ccc(OCCc2ccccc2)c(Br)c1. The molecule has 5 nitrogen and oxygen atoms in total. The van der Waals surface area contributed by atoms with Gasteiger partial charge in [-0.15, -0.1) is 0 Å². The number of nitrogens with one attached hydrogen (secondary N) is 1. The number of halogens is 1. The zero-order chi connectivity index (χ0) is 23.8. The number of hydrogen-bond acceptors (Lipinski definition) is 3. The predicted molar refractivity (Wildman–Crippen MR) is 139 cm³/mol. The standard InChI is InChI=1S/C28H29BrN2O3/c29-25-20-23(12-15-26(25)34-19-16-21-8-4-3-5-9-21)27(32)30-24-13-10-22(11-14-24)28(33)31-17-6-1-2-7-18-31/h3-5,8-15,20H,1-2,6-7,16-19H2,(H,30,32). The first-order valence-corrected chi connectivity index (χ1v) is 12.6. The lowest BCUT2D eigenvalue weighted by molar-refractivity contribution is 0.0761. The average molecular weight is 521 g/mol. The van der Waals surface area contributed by atoms with Gasteiger partial charge in [-0.1, -0.05) is 43.2 Å². The molecule has 2 amide bonds. The van der Waals surface area contributed by atoms with Gasteiger partial charge in [-0.25, -0.2) is 0 Å². The van der Waals surface area contributed by atoms with E-state index in [1.54, 1.807) is 42.5 Å². The second kappa shape index (κ2) is 11.8. The third kappa shape index (κ3) is 6.48. The van der Waals surface area contributed by atoms with E-state index in [1.807, 2.05) is 23.1 Å². The van der Waals surface area contributed by atoms with E-state index in [2.05, 4.69) is 33.4 Å². The van der Waals surface area contributed by atoms with Crippen LogP contribution in [0.4, 0.5) is 5.69 Å². The molecular formula is C28H29BrN2O3. The number of benzene rings is 3. The molecule has 0 spiro atoms.